The molecule has 0 bridgehead atoms. The van der Waals surface area contributed by atoms with Crippen LogP contribution in [-0.4, -0.2) is 9.97 Å². The molecule has 0 aliphatic carbocycles. The van der Waals surface area contributed by atoms with Gasteiger partial charge in [0.1, 0.15) is 0 Å². The number of hydrogen-bond acceptors (Lipinski definition) is 2. The van der Waals surface area contributed by atoms with Gasteiger partial charge in [0.15, 0.2) is 0 Å². The van der Waals surface area contributed by atoms with Gasteiger partial charge in [-0.3, -0.25) is 0 Å². The summed E-state index contributed by atoms with van der Waals surface area (Å²) in [6.45, 7) is 5.88. The quantitative estimate of drug-likeness (QED) is 0.762. The second-order valence-electron chi connectivity index (χ2n) is 2.62. The molecule has 1 heterocycles. The van der Waals surface area contributed by atoms with Crippen LogP contribution >= 0.6 is 0 Å². The van der Waals surface area contributed by atoms with Gasteiger partial charge >= 0.3 is 6.18 Å². The highest BCUT2D eigenvalue weighted by molar-refractivity contribution is 5.04. The fraction of sp³-hybridized carbons (Fsp3) is 0.600. The number of aromatic nitrogens is 2. The lowest BCUT2D eigenvalue weighted by Gasteiger charge is -2.05. The van der Waals surface area contributed by atoms with E-state index in [1.807, 2.05) is 20.8 Å². The summed E-state index contributed by atoms with van der Waals surface area (Å²) in [5, 5.41) is 0. The van der Waals surface area contributed by atoms with E-state index in [2.05, 4.69) is 9.97 Å². The van der Waals surface area contributed by atoms with Crippen molar-refractivity contribution >= 4 is 0 Å². The molecule has 15 heavy (non-hydrogen) atoms. The molecule has 0 saturated heterocycles. The summed E-state index contributed by atoms with van der Waals surface area (Å²) in [5.41, 5.74) is 0.435. The van der Waals surface area contributed by atoms with Crippen LogP contribution in [0.2, 0.25) is 0 Å². The molecule has 0 N–H and O–H groups in total. The third kappa shape index (κ3) is 4.76. The molecule has 0 radical (unpaired) electrons. The number of hydrogen-bond donors (Lipinski definition) is 0. The lowest BCUT2D eigenvalue weighted by atomic mass is 10.2. The van der Waals surface area contributed by atoms with E-state index in [9.17, 15) is 13.2 Å². The third-order valence-corrected chi connectivity index (χ3v) is 1.47. The van der Waals surface area contributed by atoms with E-state index in [-0.39, 0.29) is 0 Å². The highest BCUT2D eigenvalue weighted by Gasteiger charge is 2.34. The first-order valence-electron chi connectivity index (χ1n) is 4.93. The normalized spacial score (nSPS) is 10.5. The Hall–Kier alpha value is -1.13. The van der Waals surface area contributed by atoms with Crippen molar-refractivity contribution in [3.8, 4) is 0 Å². The minimum atomic E-state index is -4.44. The van der Waals surface area contributed by atoms with Crippen molar-refractivity contribution in [2.75, 3.05) is 0 Å². The van der Waals surface area contributed by atoms with Crippen molar-refractivity contribution < 1.29 is 13.2 Å². The summed E-state index contributed by atoms with van der Waals surface area (Å²) in [6.07, 6.45) is -1.98. The molecule has 2 nitrogen and oxygen atoms in total. The van der Waals surface area contributed by atoms with Crippen LogP contribution < -0.4 is 0 Å². The summed E-state index contributed by atoms with van der Waals surface area (Å²) in [6, 6.07) is 1.50. The molecule has 0 aliphatic rings. The number of rotatable bonds is 2. The maximum atomic E-state index is 12.1. The molecule has 5 heteroatoms. The molecule has 1 rings (SSSR count). The van der Waals surface area contributed by atoms with Crippen LogP contribution in [0.3, 0.4) is 0 Å². The van der Waals surface area contributed by atoms with Crippen LogP contribution in [0.15, 0.2) is 12.3 Å². The molecule has 1 aromatic heterocycles. The molecular formula is C10H15F3N2. The fourth-order valence-electron chi connectivity index (χ4n) is 0.928. The number of alkyl halides is 3. The minimum absolute atomic E-state index is 0.435. The fourth-order valence-corrected chi connectivity index (χ4v) is 0.928. The van der Waals surface area contributed by atoms with Crippen molar-refractivity contribution in [1.82, 2.24) is 9.97 Å². The zero-order chi connectivity index (χ0) is 11.9. The first-order chi connectivity index (χ1) is 7.04. The molecule has 0 saturated carbocycles. The predicted molar refractivity (Wildman–Crippen MR) is 52.4 cm³/mol. The Kier molecular flexibility index (Phi) is 5.89. The van der Waals surface area contributed by atoms with Gasteiger partial charge in [-0.1, -0.05) is 27.2 Å². The molecule has 0 aliphatic heterocycles. The Morgan fingerprint density at radius 3 is 2.33 bits per heavy atom. The Balaban J connectivity index is 0.000000921. The van der Waals surface area contributed by atoms with Crippen molar-refractivity contribution in [3.63, 3.8) is 0 Å². The number of aryl methyl sites for hydroxylation is 1. The molecule has 0 atom stereocenters. The zero-order valence-electron chi connectivity index (χ0n) is 9.10. The van der Waals surface area contributed by atoms with Crippen LogP contribution in [0.1, 0.15) is 38.7 Å². The van der Waals surface area contributed by atoms with E-state index in [0.717, 1.165) is 12.6 Å². The van der Waals surface area contributed by atoms with E-state index in [1.54, 1.807) is 0 Å². The molecule has 0 unspecified atom stereocenters. The van der Waals surface area contributed by atoms with Crippen LogP contribution in [0.5, 0.6) is 0 Å². The van der Waals surface area contributed by atoms with Gasteiger partial charge < -0.3 is 0 Å². The van der Waals surface area contributed by atoms with E-state index in [1.165, 1.54) is 6.07 Å². The van der Waals surface area contributed by atoms with Crippen molar-refractivity contribution in [2.45, 2.75) is 39.8 Å². The first-order valence-corrected chi connectivity index (χ1v) is 4.93. The molecule has 0 fully saturated rings. The molecular weight excluding hydrogens is 205 g/mol. The zero-order valence-corrected chi connectivity index (χ0v) is 9.10. The van der Waals surface area contributed by atoms with E-state index >= 15 is 0 Å². The van der Waals surface area contributed by atoms with Crippen LogP contribution in [-0.2, 0) is 12.6 Å². The van der Waals surface area contributed by atoms with E-state index in [0.29, 0.717) is 12.1 Å². The predicted octanol–water partition coefficient (Wildman–Crippen LogP) is 3.47. The molecule has 86 valence electrons. The Bertz CT molecular complexity index is 284. The highest BCUT2D eigenvalue weighted by Crippen LogP contribution is 2.25. The lowest BCUT2D eigenvalue weighted by Crippen LogP contribution is -2.11. The van der Waals surface area contributed by atoms with Gasteiger partial charge in [0.25, 0.3) is 0 Å². The molecule has 0 aromatic carbocycles. The minimum Gasteiger partial charge on any atom is -0.233 e. The summed E-state index contributed by atoms with van der Waals surface area (Å²) < 4.78 is 36.2. The van der Waals surface area contributed by atoms with Gasteiger partial charge in [-0.25, -0.2) is 9.97 Å². The summed E-state index contributed by atoms with van der Waals surface area (Å²) in [5.74, 6) is -1.06. The standard InChI is InChI=1S/C8H9F3N2.C2H6/c1-2-3-6-4-5-12-7(13-6)8(9,10)11;1-2/h4-5H,2-3H2,1H3;1-2H3. The highest BCUT2D eigenvalue weighted by atomic mass is 19.4. The smallest absolute Gasteiger partial charge is 0.233 e. The average molecular weight is 220 g/mol. The monoisotopic (exact) mass is 220 g/mol. The number of nitrogens with zero attached hydrogens (tertiary/aromatic N) is 2. The van der Waals surface area contributed by atoms with Crippen molar-refractivity contribution in [3.05, 3.63) is 23.8 Å². The Morgan fingerprint density at radius 1 is 1.27 bits per heavy atom. The average Bonchev–Trinajstić information content (AvgIpc) is 2.21. The lowest BCUT2D eigenvalue weighted by molar-refractivity contribution is -0.145. The Morgan fingerprint density at radius 2 is 1.87 bits per heavy atom. The Labute approximate surface area is 87.6 Å². The third-order valence-electron chi connectivity index (χ3n) is 1.47. The van der Waals surface area contributed by atoms with Crippen LogP contribution in [0.25, 0.3) is 0 Å². The van der Waals surface area contributed by atoms with Crippen molar-refractivity contribution in [1.29, 1.82) is 0 Å². The largest absolute Gasteiger partial charge is 0.451 e. The van der Waals surface area contributed by atoms with Crippen LogP contribution in [0.4, 0.5) is 13.2 Å². The summed E-state index contributed by atoms with van der Waals surface area (Å²) in [7, 11) is 0. The van der Waals surface area contributed by atoms with Gasteiger partial charge in [-0.2, -0.15) is 13.2 Å². The summed E-state index contributed by atoms with van der Waals surface area (Å²) in [4.78, 5) is 6.55. The summed E-state index contributed by atoms with van der Waals surface area (Å²) >= 11 is 0. The maximum Gasteiger partial charge on any atom is 0.451 e. The van der Waals surface area contributed by atoms with E-state index < -0.39 is 12.0 Å². The first kappa shape index (κ1) is 13.9. The molecule has 1 aromatic rings. The van der Waals surface area contributed by atoms with Crippen molar-refractivity contribution in [2.24, 2.45) is 0 Å². The van der Waals surface area contributed by atoms with E-state index in [4.69, 9.17) is 0 Å². The van der Waals surface area contributed by atoms with Gasteiger partial charge in [0.05, 0.1) is 0 Å². The topological polar surface area (TPSA) is 25.8 Å². The second-order valence-corrected chi connectivity index (χ2v) is 2.62. The maximum absolute atomic E-state index is 12.1. The van der Waals surface area contributed by atoms with Gasteiger partial charge in [-0.15, -0.1) is 0 Å². The second kappa shape index (κ2) is 6.37. The SMILES string of the molecule is CC.CCCc1ccnc(C(F)(F)F)n1. The number of halogens is 3. The van der Waals surface area contributed by atoms with Gasteiger partial charge in [0.2, 0.25) is 5.82 Å². The van der Waals surface area contributed by atoms with Gasteiger partial charge in [0, 0.05) is 11.9 Å². The van der Waals surface area contributed by atoms with Gasteiger partial charge in [-0.05, 0) is 12.5 Å². The van der Waals surface area contributed by atoms with Crippen LogP contribution in [0, 0.1) is 0 Å². The molecule has 0 amide bonds. The molecule has 0 spiro atoms.